The van der Waals surface area contributed by atoms with E-state index in [0.29, 0.717) is 37.6 Å². The Morgan fingerprint density at radius 3 is 2.46 bits per heavy atom. The standard InChI is InChI=1S/C19H19FN2O4/c20-14-4-3-5-15(12-14)26-13-18(23)22-10-8-21(9-11-22)17-7-2-1-6-16(17)19(24)25/h1-7,12H,8-11,13H2,(H,24,25). The van der Waals surface area contributed by atoms with E-state index in [2.05, 4.69) is 0 Å². The predicted molar refractivity (Wildman–Crippen MR) is 94.1 cm³/mol. The van der Waals surface area contributed by atoms with E-state index >= 15 is 0 Å². The molecule has 1 fully saturated rings. The molecule has 1 aliphatic rings. The summed E-state index contributed by atoms with van der Waals surface area (Å²) < 4.78 is 18.5. The molecule has 1 N–H and O–H groups in total. The van der Waals surface area contributed by atoms with Crippen LogP contribution in [-0.2, 0) is 4.79 Å². The third kappa shape index (κ3) is 4.11. The van der Waals surface area contributed by atoms with E-state index in [0.717, 1.165) is 0 Å². The van der Waals surface area contributed by atoms with E-state index in [1.807, 2.05) is 4.90 Å². The molecule has 0 bridgehead atoms. The van der Waals surface area contributed by atoms with Crippen molar-refractivity contribution in [3.63, 3.8) is 0 Å². The van der Waals surface area contributed by atoms with E-state index in [1.165, 1.54) is 18.2 Å². The number of piperazine rings is 1. The highest BCUT2D eigenvalue weighted by atomic mass is 19.1. The van der Waals surface area contributed by atoms with Crippen LogP contribution in [0.3, 0.4) is 0 Å². The van der Waals surface area contributed by atoms with Gasteiger partial charge in [0.15, 0.2) is 6.61 Å². The van der Waals surface area contributed by atoms with Gasteiger partial charge < -0.3 is 19.6 Å². The van der Waals surface area contributed by atoms with Gasteiger partial charge in [-0.2, -0.15) is 0 Å². The molecule has 3 rings (SSSR count). The number of benzene rings is 2. The first-order valence-corrected chi connectivity index (χ1v) is 8.28. The van der Waals surface area contributed by atoms with Crippen molar-refractivity contribution < 1.29 is 23.8 Å². The van der Waals surface area contributed by atoms with Gasteiger partial charge in [0.05, 0.1) is 11.3 Å². The van der Waals surface area contributed by atoms with Gasteiger partial charge in [0.25, 0.3) is 5.91 Å². The van der Waals surface area contributed by atoms with E-state index < -0.39 is 11.8 Å². The number of hydrogen-bond donors (Lipinski definition) is 1. The van der Waals surface area contributed by atoms with Crippen LogP contribution in [0.5, 0.6) is 5.75 Å². The van der Waals surface area contributed by atoms with Gasteiger partial charge in [-0.3, -0.25) is 4.79 Å². The number of carbonyl (C=O) groups excluding carboxylic acids is 1. The van der Waals surface area contributed by atoms with E-state index in [4.69, 9.17) is 4.74 Å². The predicted octanol–water partition coefficient (Wildman–Crippen LogP) is 2.25. The Kier molecular flexibility index (Phi) is 5.36. The second-order valence-corrected chi connectivity index (χ2v) is 5.94. The average molecular weight is 358 g/mol. The molecule has 0 aliphatic carbocycles. The largest absolute Gasteiger partial charge is 0.484 e. The molecule has 0 atom stereocenters. The molecule has 6 nitrogen and oxygen atoms in total. The molecule has 2 aromatic rings. The monoisotopic (exact) mass is 358 g/mol. The summed E-state index contributed by atoms with van der Waals surface area (Å²) in [6.07, 6.45) is 0. The van der Waals surface area contributed by atoms with Crippen LogP contribution in [0, 0.1) is 5.82 Å². The maximum atomic E-state index is 13.1. The number of aromatic carboxylic acids is 1. The molecular weight excluding hydrogens is 339 g/mol. The summed E-state index contributed by atoms with van der Waals surface area (Å²) in [5.74, 6) is -1.25. The van der Waals surface area contributed by atoms with Gasteiger partial charge in [-0.15, -0.1) is 0 Å². The Morgan fingerprint density at radius 2 is 1.77 bits per heavy atom. The lowest BCUT2D eigenvalue weighted by Crippen LogP contribution is -2.50. The van der Waals surface area contributed by atoms with Crippen molar-refractivity contribution in [3.8, 4) is 5.75 Å². The number of halogens is 1. The van der Waals surface area contributed by atoms with Crippen molar-refractivity contribution in [3.05, 3.63) is 59.9 Å². The number of carbonyl (C=O) groups is 2. The van der Waals surface area contributed by atoms with Gasteiger partial charge in [0.2, 0.25) is 0 Å². The maximum Gasteiger partial charge on any atom is 0.337 e. The zero-order valence-corrected chi connectivity index (χ0v) is 14.1. The van der Waals surface area contributed by atoms with Gasteiger partial charge in [-0.05, 0) is 24.3 Å². The van der Waals surface area contributed by atoms with E-state index in [-0.39, 0.29) is 18.1 Å². The SMILES string of the molecule is O=C(O)c1ccccc1N1CCN(C(=O)COc2cccc(F)c2)CC1. The summed E-state index contributed by atoms with van der Waals surface area (Å²) in [7, 11) is 0. The fourth-order valence-corrected chi connectivity index (χ4v) is 2.92. The lowest BCUT2D eigenvalue weighted by molar-refractivity contribution is -0.133. The highest BCUT2D eigenvalue weighted by Crippen LogP contribution is 2.22. The van der Waals surface area contributed by atoms with Crippen LogP contribution in [-0.4, -0.2) is 54.7 Å². The summed E-state index contributed by atoms with van der Waals surface area (Å²) in [4.78, 5) is 27.2. The minimum absolute atomic E-state index is 0.158. The van der Waals surface area contributed by atoms with E-state index in [9.17, 15) is 19.1 Å². The topological polar surface area (TPSA) is 70.1 Å². The first-order chi connectivity index (χ1) is 12.5. The minimum Gasteiger partial charge on any atom is -0.484 e. The summed E-state index contributed by atoms with van der Waals surface area (Å²) >= 11 is 0. The number of amides is 1. The lowest BCUT2D eigenvalue weighted by Gasteiger charge is -2.36. The molecule has 1 aliphatic heterocycles. The number of hydrogen-bond acceptors (Lipinski definition) is 4. The fraction of sp³-hybridized carbons (Fsp3) is 0.263. The van der Waals surface area contributed by atoms with Crippen molar-refractivity contribution in [1.29, 1.82) is 0 Å². The van der Waals surface area contributed by atoms with Crippen LogP contribution in [0.25, 0.3) is 0 Å². The summed E-state index contributed by atoms with van der Waals surface area (Å²) in [5, 5.41) is 9.30. The molecule has 136 valence electrons. The average Bonchev–Trinajstić information content (AvgIpc) is 2.66. The normalized spacial score (nSPS) is 14.2. The number of nitrogens with zero attached hydrogens (tertiary/aromatic N) is 2. The van der Waals surface area contributed by atoms with Crippen LogP contribution in [0.1, 0.15) is 10.4 Å². The van der Waals surface area contributed by atoms with Crippen molar-refractivity contribution in [2.24, 2.45) is 0 Å². The van der Waals surface area contributed by atoms with Crippen LogP contribution in [0.15, 0.2) is 48.5 Å². The molecule has 0 aromatic heterocycles. The zero-order chi connectivity index (χ0) is 18.5. The van der Waals surface area contributed by atoms with Crippen LogP contribution in [0.2, 0.25) is 0 Å². The summed E-state index contributed by atoms with van der Waals surface area (Å²) in [6, 6.07) is 12.5. The second-order valence-electron chi connectivity index (χ2n) is 5.94. The number of anilines is 1. The van der Waals surface area contributed by atoms with Gasteiger partial charge in [-0.25, -0.2) is 9.18 Å². The minimum atomic E-state index is -0.970. The number of para-hydroxylation sites is 1. The third-order valence-corrected chi connectivity index (χ3v) is 4.27. The molecule has 7 heteroatoms. The molecule has 1 amide bonds. The van der Waals surface area contributed by atoms with Gasteiger partial charge >= 0.3 is 5.97 Å². The molecule has 1 heterocycles. The molecule has 2 aromatic carbocycles. The van der Waals surface area contributed by atoms with Gasteiger partial charge in [-0.1, -0.05) is 18.2 Å². The number of ether oxygens (including phenoxy) is 1. The Labute approximate surface area is 150 Å². The molecule has 1 saturated heterocycles. The lowest BCUT2D eigenvalue weighted by atomic mass is 10.1. The van der Waals surface area contributed by atoms with Gasteiger partial charge in [0.1, 0.15) is 11.6 Å². The fourth-order valence-electron chi connectivity index (χ4n) is 2.92. The van der Waals surface area contributed by atoms with Crippen LogP contribution < -0.4 is 9.64 Å². The molecule has 0 spiro atoms. The highest BCUT2D eigenvalue weighted by molar-refractivity contribution is 5.94. The van der Waals surface area contributed by atoms with Crippen molar-refractivity contribution in [2.45, 2.75) is 0 Å². The van der Waals surface area contributed by atoms with Crippen LogP contribution >= 0.6 is 0 Å². The highest BCUT2D eigenvalue weighted by Gasteiger charge is 2.24. The zero-order valence-electron chi connectivity index (χ0n) is 14.1. The summed E-state index contributed by atoms with van der Waals surface area (Å²) in [6.45, 7) is 1.86. The molecular formula is C19H19FN2O4. The molecule has 26 heavy (non-hydrogen) atoms. The Morgan fingerprint density at radius 1 is 1.04 bits per heavy atom. The van der Waals surface area contributed by atoms with Crippen LogP contribution in [0.4, 0.5) is 10.1 Å². The molecule has 0 unspecified atom stereocenters. The number of carboxylic acids is 1. The van der Waals surface area contributed by atoms with Crippen molar-refractivity contribution in [1.82, 2.24) is 4.90 Å². The summed E-state index contributed by atoms with van der Waals surface area (Å²) in [5.41, 5.74) is 0.907. The third-order valence-electron chi connectivity index (χ3n) is 4.27. The quantitative estimate of drug-likeness (QED) is 0.888. The first-order valence-electron chi connectivity index (χ1n) is 8.28. The van der Waals surface area contributed by atoms with E-state index in [1.54, 1.807) is 35.2 Å². The number of carboxylic acid groups (broad SMARTS) is 1. The number of rotatable bonds is 5. The Hall–Kier alpha value is -3.09. The molecule has 0 radical (unpaired) electrons. The van der Waals surface area contributed by atoms with Crippen molar-refractivity contribution in [2.75, 3.05) is 37.7 Å². The van der Waals surface area contributed by atoms with Gasteiger partial charge in [0, 0.05) is 32.2 Å². The second kappa shape index (κ2) is 7.86. The first kappa shape index (κ1) is 17.7. The van der Waals surface area contributed by atoms with Crippen molar-refractivity contribution >= 4 is 17.6 Å². The Balaban J connectivity index is 1.55. The maximum absolute atomic E-state index is 13.1. The Bertz CT molecular complexity index is 804. The molecule has 0 saturated carbocycles. The smallest absolute Gasteiger partial charge is 0.337 e.